The van der Waals surface area contributed by atoms with Crippen LogP contribution in [-0.2, 0) is 11.2 Å². The second kappa shape index (κ2) is 12.8. The highest BCUT2D eigenvalue weighted by molar-refractivity contribution is 5.97. The summed E-state index contributed by atoms with van der Waals surface area (Å²) < 4.78 is 19.4. The van der Waals surface area contributed by atoms with E-state index in [-0.39, 0.29) is 17.6 Å². The molecule has 3 aromatic carbocycles. The van der Waals surface area contributed by atoms with Crippen molar-refractivity contribution in [3.8, 4) is 11.5 Å². The van der Waals surface area contributed by atoms with Gasteiger partial charge in [-0.3, -0.25) is 9.59 Å². The van der Waals surface area contributed by atoms with Crippen LogP contribution in [0, 0.1) is 11.7 Å². The molecular weight excluding hydrogens is 493 g/mol. The first-order chi connectivity index (χ1) is 19.0. The Kier molecular flexibility index (Phi) is 8.76. The molecule has 0 spiro atoms. The minimum atomic E-state index is -0.596. The number of rotatable bonds is 10. The quantitative estimate of drug-likeness (QED) is 0.345. The molecule has 204 valence electrons. The van der Waals surface area contributed by atoms with Crippen molar-refractivity contribution >= 4 is 17.5 Å². The van der Waals surface area contributed by atoms with Gasteiger partial charge in [-0.05, 0) is 78.9 Å². The molecule has 39 heavy (non-hydrogen) atoms. The van der Waals surface area contributed by atoms with Crippen molar-refractivity contribution in [2.45, 2.75) is 51.0 Å². The van der Waals surface area contributed by atoms with E-state index in [9.17, 15) is 14.0 Å². The largest absolute Gasteiger partial charge is 0.457 e. The molecule has 1 atom stereocenters. The summed E-state index contributed by atoms with van der Waals surface area (Å²) in [6, 6.07) is 20.7. The summed E-state index contributed by atoms with van der Waals surface area (Å²) in [5.74, 6) is 1.15. The number of anilines is 1. The van der Waals surface area contributed by atoms with E-state index in [1.54, 1.807) is 30.3 Å². The second-order valence-electron chi connectivity index (χ2n) is 10.5. The molecule has 0 aromatic heterocycles. The second-order valence-corrected chi connectivity index (χ2v) is 10.5. The van der Waals surface area contributed by atoms with Crippen LogP contribution in [-0.4, -0.2) is 37.5 Å². The van der Waals surface area contributed by atoms with E-state index in [0.29, 0.717) is 36.7 Å². The maximum atomic E-state index is 13.5. The third-order valence-electron chi connectivity index (χ3n) is 7.73. The van der Waals surface area contributed by atoms with Crippen LogP contribution in [0.5, 0.6) is 11.5 Å². The normalized spacial score (nSPS) is 15.9. The number of hydrogen-bond acceptors (Lipinski definition) is 4. The first-order valence-corrected chi connectivity index (χ1v) is 14.0. The van der Waals surface area contributed by atoms with Crippen molar-refractivity contribution in [1.82, 2.24) is 10.6 Å². The maximum Gasteiger partial charge on any atom is 0.251 e. The Bertz CT molecular complexity index is 1260. The van der Waals surface area contributed by atoms with Crippen LogP contribution in [0.25, 0.3) is 0 Å². The van der Waals surface area contributed by atoms with Gasteiger partial charge in [0, 0.05) is 30.9 Å². The highest BCUT2D eigenvalue weighted by Gasteiger charge is 2.27. The monoisotopic (exact) mass is 529 g/mol. The molecular formula is C32H36FN3O3. The number of nitrogens with zero attached hydrogens (tertiary/aromatic N) is 1. The van der Waals surface area contributed by atoms with Crippen LogP contribution >= 0.6 is 0 Å². The van der Waals surface area contributed by atoms with Gasteiger partial charge in [0.15, 0.2) is 0 Å². The molecule has 2 amide bonds. The van der Waals surface area contributed by atoms with Gasteiger partial charge in [-0.25, -0.2) is 4.39 Å². The molecule has 6 nitrogen and oxygen atoms in total. The fraction of sp³-hybridized carbons (Fsp3) is 0.375. The molecule has 0 saturated heterocycles. The van der Waals surface area contributed by atoms with Gasteiger partial charge in [0.1, 0.15) is 23.4 Å². The molecule has 1 fully saturated rings. The van der Waals surface area contributed by atoms with Crippen molar-refractivity contribution in [3.63, 3.8) is 0 Å². The maximum absolute atomic E-state index is 13.5. The number of nitrogens with one attached hydrogen (secondary N) is 2. The van der Waals surface area contributed by atoms with Gasteiger partial charge in [-0.1, -0.05) is 50.3 Å². The van der Waals surface area contributed by atoms with E-state index < -0.39 is 6.04 Å². The number of ether oxygens (including phenoxy) is 1. The zero-order valence-corrected chi connectivity index (χ0v) is 22.2. The van der Waals surface area contributed by atoms with Crippen molar-refractivity contribution < 1.29 is 18.7 Å². The van der Waals surface area contributed by atoms with Crippen molar-refractivity contribution in [2.75, 3.05) is 24.5 Å². The van der Waals surface area contributed by atoms with Gasteiger partial charge in [-0.2, -0.15) is 0 Å². The number of benzene rings is 3. The van der Waals surface area contributed by atoms with E-state index >= 15 is 0 Å². The van der Waals surface area contributed by atoms with Crippen LogP contribution in [0.15, 0.2) is 72.8 Å². The lowest BCUT2D eigenvalue weighted by atomic mass is 9.84. The summed E-state index contributed by atoms with van der Waals surface area (Å²) in [4.78, 5) is 28.6. The van der Waals surface area contributed by atoms with E-state index in [0.717, 1.165) is 42.8 Å². The Morgan fingerprint density at radius 3 is 2.46 bits per heavy atom. The van der Waals surface area contributed by atoms with Gasteiger partial charge < -0.3 is 20.3 Å². The fourth-order valence-electron chi connectivity index (χ4n) is 5.64. The van der Waals surface area contributed by atoms with E-state index in [1.165, 1.54) is 25.3 Å². The third-order valence-corrected chi connectivity index (χ3v) is 7.73. The van der Waals surface area contributed by atoms with Gasteiger partial charge in [0.2, 0.25) is 5.91 Å². The Balaban J connectivity index is 1.18. The SMILES string of the molecule is O=C(N[C@@H](CC1CCCCC1)C(=O)NCCN1CCc2cc(F)ccc21)c1ccc(Oc2ccccc2)cc1. The van der Waals surface area contributed by atoms with E-state index in [4.69, 9.17) is 4.74 Å². The molecule has 3 aromatic rings. The molecule has 0 unspecified atom stereocenters. The number of carbonyl (C=O) groups excluding carboxylic acids is 2. The summed E-state index contributed by atoms with van der Waals surface area (Å²) in [7, 11) is 0. The smallest absolute Gasteiger partial charge is 0.251 e. The minimum Gasteiger partial charge on any atom is -0.457 e. The molecule has 0 bridgehead atoms. The van der Waals surface area contributed by atoms with Crippen molar-refractivity contribution in [2.24, 2.45) is 5.92 Å². The van der Waals surface area contributed by atoms with Crippen LogP contribution < -0.4 is 20.3 Å². The van der Waals surface area contributed by atoms with E-state index in [1.807, 2.05) is 36.4 Å². The summed E-state index contributed by atoms with van der Waals surface area (Å²) in [5, 5.41) is 6.05. The molecule has 2 N–H and O–H groups in total. The average molecular weight is 530 g/mol. The predicted octanol–water partition coefficient (Wildman–Crippen LogP) is 5.87. The zero-order valence-electron chi connectivity index (χ0n) is 22.2. The van der Waals surface area contributed by atoms with Crippen LogP contribution in [0.2, 0.25) is 0 Å². The first kappa shape index (κ1) is 26.7. The Morgan fingerprint density at radius 2 is 1.69 bits per heavy atom. The van der Waals surface area contributed by atoms with Gasteiger partial charge in [-0.15, -0.1) is 0 Å². The fourth-order valence-corrected chi connectivity index (χ4v) is 5.64. The lowest BCUT2D eigenvalue weighted by Gasteiger charge is -2.27. The Morgan fingerprint density at radius 1 is 0.949 bits per heavy atom. The Labute approximate surface area is 229 Å². The van der Waals surface area contributed by atoms with Crippen LogP contribution in [0.4, 0.5) is 10.1 Å². The molecule has 1 aliphatic heterocycles. The van der Waals surface area contributed by atoms with Crippen LogP contribution in [0.1, 0.15) is 54.4 Å². The molecule has 7 heteroatoms. The molecule has 1 saturated carbocycles. The van der Waals surface area contributed by atoms with Gasteiger partial charge >= 0.3 is 0 Å². The summed E-state index contributed by atoms with van der Waals surface area (Å²) in [6.45, 7) is 1.90. The number of halogens is 1. The summed E-state index contributed by atoms with van der Waals surface area (Å²) in [5.41, 5.74) is 2.51. The van der Waals surface area contributed by atoms with Gasteiger partial charge in [0.05, 0.1) is 0 Å². The summed E-state index contributed by atoms with van der Waals surface area (Å²) >= 11 is 0. The molecule has 5 rings (SSSR count). The van der Waals surface area contributed by atoms with Crippen molar-refractivity contribution in [1.29, 1.82) is 0 Å². The first-order valence-electron chi connectivity index (χ1n) is 14.0. The average Bonchev–Trinajstić information content (AvgIpc) is 3.36. The molecule has 1 aliphatic carbocycles. The summed E-state index contributed by atoms with van der Waals surface area (Å²) in [6.07, 6.45) is 7.20. The molecule has 0 radical (unpaired) electrons. The highest BCUT2D eigenvalue weighted by Crippen LogP contribution is 2.29. The molecule has 2 aliphatic rings. The van der Waals surface area contributed by atoms with Crippen molar-refractivity contribution in [3.05, 3.63) is 89.7 Å². The number of fused-ring (bicyclic) bond motifs is 1. The topological polar surface area (TPSA) is 70.7 Å². The predicted molar refractivity (Wildman–Crippen MR) is 151 cm³/mol. The van der Waals surface area contributed by atoms with Crippen LogP contribution in [0.3, 0.4) is 0 Å². The third kappa shape index (κ3) is 7.16. The van der Waals surface area contributed by atoms with E-state index in [2.05, 4.69) is 15.5 Å². The minimum absolute atomic E-state index is 0.156. The zero-order chi connectivity index (χ0) is 27.0. The molecule has 1 heterocycles. The number of carbonyl (C=O) groups is 2. The Hall–Kier alpha value is -3.87. The lowest BCUT2D eigenvalue weighted by Crippen LogP contribution is -2.49. The number of hydrogen-bond donors (Lipinski definition) is 2. The van der Waals surface area contributed by atoms with Gasteiger partial charge in [0.25, 0.3) is 5.91 Å². The number of para-hydroxylation sites is 1. The number of amides is 2. The lowest BCUT2D eigenvalue weighted by molar-refractivity contribution is -0.123. The highest BCUT2D eigenvalue weighted by atomic mass is 19.1. The standard InChI is InChI=1S/C32H36FN3O3/c33-26-13-16-30-25(22-26)17-19-36(30)20-18-34-32(38)29(21-23-7-3-1-4-8-23)35-31(37)24-11-14-28(15-12-24)39-27-9-5-2-6-10-27/h2,5-6,9-16,22-23,29H,1,3-4,7-8,17-21H2,(H,34,38)(H,35,37)/t29-/m0/s1.